The predicted octanol–water partition coefficient (Wildman–Crippen LogP) is 5.11. The van der Waals surface area contributed by atoms with Crippen LogP contribution in [0.5, 0.6) is 0 Å². The van der Waals surface area contributed by atoms with E-state index in [1.807, 2.05) is 13.8 Å². The zero-order chi connectivity index (χ0) is 11.2. The van der Waals surface area contributed by atoms with Crippen molar-refractivity contribution >= 4 is 55.1 Å². The molecular weight excluding hydrogens is 351 g/mol. The van der Waals surface area contributed by atoms with Gasteiger partial charge in [0.05, 0.1) is 4.87 Å². The molecule has 0 nitrogen and oxygen atoms in total. The van der Waals surface area contributed by atoms with Crippen molar-refractivity contribution in [2.24, 2.45) is 0 Å². The minimum Gasteiger partial charge on any atom is -0.122 e. The number of rotatable bonds is 6. The van der Waals surface area contributed by atoms with E-state index in [1.54, 1.807) is 0 Å². The van der Waals surface area contributed by atoms with Gasteiger partial charge in [-0.05, 0) is 26.7 Å². The van der Waals surface area contributed by atoms with Crippen LogP contribution in [0.1, 0.15) is 26.7 Å². The highest BCUT2D eigenvalue weighted by atomic mass is 79.9. The quantitative estimate of drug-likeness (QED) is 0.452. The summed E-state index contributed by atoms with van der Waals surface area (Å²) in [6, 6.07) is 0. The van der Waals surface area contributed by atoms with E-state index >= 15 is 0 Å². The van der Waals surface area contributed by atoms with Crippen LogP contribution in [0.25, 0.3) is 0 Å². The van der Waals surface area contributed by atoms with Crippen molar-refractivity contribution in [1.29, 1.82) is 0 Å². The van der Waals surface area contributed by atoms with Crippen LogP contribution in [0, 0.1) is 0 Å². The Bertz CT molecular complexity index is 185. The lowest BCUT2D eigenvalue weighted by molar-refractivity contribution is 0.616. The molecule has 0 rings (SSSR count). The third-order valence-electron chi connectivity index (χ3n) is 2.00. The third-order valence-corrected chi connectivity index (χ3v) is 5.01. The summed E-state index contributed by atoms with van der Waals surface area (Å²) in [5.74, 6) is 0.582. The summed E-state index contributed by atoms with van der Waals surface area (Å²) in [6.45, 7) is 4.04. The molecule has 0 aromatic heterocycles. The standard InChI is InChI=1S/C10H16Br2Cl2/c1-10(2,14)9(12)4-3-8(7-11)5-6-13/h5,9H,3-4,6-7H2,1-2H3. The Morgan fingerprint density at radius 3 is 2.43 bits per heavy atom. The molecule has 0 radical (unpaired) electrons. The lowest BCUT2D eigenvalue weighted by Gasteiger charge is -2.23. The van der Waals surface area contributed by atoms with Crippen molar-refractivity contribution in [3.63, 3.8) is 0 Å². The Hall–Kier alpha value is 1.28. The summed E-state index contributed by atoms with van der Waals surface area (Å²) in [7, 11) is 0. The molecule has 1 atom stereocenters. The number of halogens is 4. The second-order valence-corrected chi connectivity index (χ2v) is 6.67. The fourth-order valence-electron chi connectivity index (χ4n) is 0.988. The van der Waals surface area contributed by atoms with Gasteiger partial charge in [0.2, 0.25) is 0 Å². The molecule has 0 aromatic rings. The average Bonchev–Trinajstić information content (AvgIpc) is 2.10. The van der Waals surface area contributed by atoms with E-state index in [0.29, 0.717) is 10.7 Å². The van der Waals surface area contributed by atoms with Gasteiger partial charge in [0.1, 0.15) is 0 Å². The minimum absolute atomic E-state index is 0.196. The van der Waals surface area contributed by atoms with E-state index in [0.717, 1.165) is 18.2 Å². The molecule has 0 amide bonds. The van der Waals surface area contributed by atoms with Gasteiger partial charge in [-0.3, -0.25) is 0 Å². The van der Waals surface area contributed by atoms with Gasteiger partial charge < -0.3 is 0 Å². The second-order valence-electron chi connectivity index (χ2n) is 3.72. The van der Waals surface area contributed by atoms with Crippen molar-refractivity contribution in [2.45, 2.75) is 36.4 Å². The topological polar surface area (TPSA) is 0 Å². The van der Waals surface area contributed by atoms with Crippen LogP contribution in [-0.4, -0.2) is 20.9 Å². The first-order valence-electron chi connectivity index (χ1n) is 4.54. The van der Waals surface area contributed by atoms with E-state index < -0.39 is 0 Å². The third kappa shape index (κ3) is 6.71. The highest BCUT2D eigenvalue weighted by Crippen LogP contribution is 2.29. The van der Waals surface area contributed by atoms with Crippen molar-refractivity contribution < 1.29 is 0 Å². The summed E-state index contributed by atoms with van der Waals surface area (Å²) in [5.41, 5.74) is 1.34. The highest BCUT2D eigenvalue weighted by Gasteiger charge is 2.23. The maximum Gasteiger partial charge on any atom is 0.0515 e. The van der Waals surface area contributed by atoms with Gasteiger partial charge in [0.25, 0.3) is 0 Å². The molecule has 0 aromatic carbocycles. The number of hydrogen-bond acceptors (Lipinski definition) is 0. The van der Waals surface area contributed by atoms with Crippen molar-refractivity contribution in [2.75, 3.05) is 11.2 Å². The minimum atomic E-state index is -0.196. The summed E-state index contributed by atoms with van der Waals surface area (Å²) in [6.07, 6.45) is 4.12. The molecule has 0 saturated carbocycles. The first-order valence-corrected chi connectivity index (χ1v) is 7.49. The average molecular weight is 367 g/mol. The number of alkyl halides is 4. The first kappa shape index (κ1) is 15.3. The molecule has 14 heavy (non-hydrogen) atoms. The van der Waals surface area contributed by atoms with Crippen LogP contribution >= 0.6 is 55.1 Å². The number of hydrogen-bond donors (Lipinski definition) is 0. The Labute approximate surface area is 114 Å². The normalized spacial score (nSPS) is 15.7. The van der Waals surface area contributed by atoms with E-state index in [1.165, 1.54) is 5.57 Å². The molecule has 0 saturated heterocycles. The van der Waals surface area contributed by atoms with Gasteiger partial charge in [-0.2, -0.15) is 0 Å². The molecule has 0 fully saturated rings. The van der Waals surface area contributed by atoms with Crippen LogP contribution in [0.15, 0.2) is 11.6 Å². The van der Waals surface area contributed by atoms with E-state index in [9.17, 15) is 0 Å². The summed E-state index contributed by atoms with van der Waals surface area (Å²) < 4.78 is 0. The smallest absolute Gasteiger partial charge is 0.0515 e. The molecule has 1 unspecified atom stereocenters. The Balaban J connectivity index is 3.98. The fourth-order valence-corrected chi connectivity index (χ4v) is 2.05. The van der Waals surface area contributed by atoms with E-state index in [4.69, 9.17) is 23.2 Å². The Kier molecular flexibility index (Phi) is 8.23. The molecule has 0 spiro atoms. The van der Waals surface area contributed by atoms with Crippen LogP contribution < -0.4 is 0 Å². The monoisotopic (exact) mass is 364 g/mol. The highest BCUT2D eigenvalue weighted by molar-refractivity contribution is 9.09. The largest absolute Gasteiger partial charge is 0.122 e. The summed E-state index contributed by atoms with van der Waals surface area (Å²) in [4.78, 5) is 0.132. The van der Waals surface area contributed by atoms with E-state index in [-0.39, 0.29) is 4.87 Å². The lowest BCUT2D eigenvalue weighted by atomic mass is 10.0. The Morgan fingerprint density at radius 2 is 2.07 bits per heavy atom. The van der Waals surface area contributed by atoms with Gasteiger partial charge in [0.15, 0.2) is 0 Å². The maximum atomic E-state index is 6.18. The molecule has 0 heterocycles. The molecule has 0 aliphatic carbocycles. The zero-order valence-electron chi connectivity index (χ0n) is 8.49. The number of allylic oxidation sites excluding steroid dienone is 2. The van der Waals surface area contributed by atoms with Gasteiger partial charge in [-0.15, -0.1) is 23.2 Å². The summed E-state index contributed by atoms with van der Waals surface area (Å²) >= 11 is 18.9. The van der Waals surface area contributed by atoms with Gasteiger partial charge in [0, 0.05) is 16.0 Å². The fraction of sp³-hybridized carbons (Fsp3) is 0.800. The molecule has 0 N–H and O–H groups in total. The lowest BCUT2D eigenvalue weighted by Crippen LogP contribution is -2.24. The SMILES string of the molecule is CC(C)(Cl)C(Br)CCC(=CCCl)CBr. The molecule has 4 heteroatoms. The predicted molar refractivity (Wildman–Crippen MR) is 74.5 cm³/mol. The van der Waals surface area contributed by atoms with Crippen molar-refractivity contribution in [3.8, 4) is 0 Å². The molecule has 84 valence electrons. The molecular formula is C10H16Br2Cl2. The van der Waals surface area contributed by atoms with Crippen LogP contribution in [0.3, 0.4) is 0 Å². The molecule has 0 aliphatic rings. The van der Waals surface area contributed by atoms with Gasteiger partial charge in [-0.25, -0.2) is 0 Å². The summed E-state index contributed by atoms with van der Waals surface area (Å²) in [5, 5.41) is 0.891. The zero-order valence-corrected chi connectivity index (χ0v) is 13.2. The van der Waals surface area contributed by atoms with Gasteiger partial charge >= 0.3 is 0 Å². The van der Waals surface area contributed by atoms with E-state index in [2.05, 4.69) is 37.9 Å². The first-order chi connectivity index (χ1) is 6.41. The van der Waals surface area contributed by atoms with Crippen molar-refractivity contribution in [1.82, 2.24) is 0 Å². The second kappa shape index (κ2) is 7.54. The molecule has 0 bridgehead atoms. The van der Waals surface area contributed by atoms with Crippen molar-refractivity contribution in [3.05, 3.63) is 11.6 Å². The Morgan fingerprint density at radius 1 is 1.50 bits per heavy atom. The maximum absolute atomic E-state index is 6.18. The van der Waals surface area contributed by atoms with Gasteiger partial charge in [-0.1, -0.05) is 43.5 Å². The molecule has 0 aliphatic heterocycles. The van der Waals surface area contributed by atoms with Crippen LogP contribution in [0.4, 0.5) is 0 Å². The van der Waals surface area contributed by atoms with Crippen LogP contribution in [0.2, 0.25) is 0 Å². The van der Waals surface area contributed by atoms with Crippen LogP contribution in [-0.2, 0) is 0 Å².